The fraction of sp³-hybridized carbons (Fsp3) is 0.103. The number of hydrogen-bond acceptors (Lipinski definition) is 2. The van der Waals surface area contributed by atoms with Gasteiger partial charge in [-0.1, -0.05) is 97.1 Å². The van der Waals surface area contributed by atoms with Crippen molar-refractivity contribution in [1.29, 1.82) is 0 Å². The zero-order chi connectivity index (χ0) is 22.4. The summed E-state index contributed by atoms with van der Waals surface area (Å²) in [6, 6.07) is 35.2. The van der Waals surface area contributed by atoms with E-state index in [4.69, 9.17) is 0 Å². The number of hydrogen-bond donors (Lipinski definition) is 0. The van der Waals surface area contributed by atoms with Crippen LogP contribution in [0.2, 0.25) is 0 Å². The lowest BCUT2D eigenvalue weighted by molar-refractivity contribution is -0.131. The summed E-state index contributed by atoms with van der Waals surface area (Å²) in [6.45, 7) is 0.846. The van der Waals surface area contributed by atoms with E-state index in [0.717, 1.165) is 33.6 Å². The number of para-hydroxylation sites is 2. The van der Waals surface area contributed by atoms with Crippen LogP contribution in [0.1, 0.15) is 22.3 Å². The first-order chi connectivity index (χ1) is 16.2. The van der Waals surface area contributed by atoms with Crippen molar-refractivity contribution in [1.82, 2.24) is 0 Å². The smallest absolute Gasteiger partial charge is 0.252 e. The van der Waals surface area contributed by atoms with Crippen molar-refractivity contribution in [3.8, 4) is 0 Å². The molecule has 2 amide bonds. The highest BCUT2D eigenvalue weighted by atomic mass is 16.2. The Labute approximate surface area is 192 Å². The van der Waals surface area contributed by atoms with Gasteiger partial charge in [0, 0.05) is 22.5 Å². The quantitative estimate of drug-likeness (QED) is 0.424. The molecule has 4 heteroatoms. The summed E-state index contributed by atoms with van der Waals surface area (Å²) in [4.78, 5) is 32.0. The molecule has 0 unspecified atom stereocenters. The van der Waals surface area contributed by atoms with E-state index < -0.39 is 5.41 Å². The van der Waals surface area contributed by atoms with Gasteiger partial charge < -0.3 is 9.80 Å². The lowest BCUT2D eigenvalue weighted by Gasteiger charge is -2.24. The van der Waals surface area contributed by atoms with Crippen LogP contribution in [-0.2, 0) is 28.1 Å². The topological polar surface area (TPSA) is 40.6 Å². The van der Waals surface area contributed by atoms with Gasteiger partial charge in [-0.25, -0.2) is 0 Å². The van der Waals surface area contributed by atoms with E-state index in [0.29, 0.717) is 13.1 Å². The van der Waals surface area contributed by atoms with Crippen molar-refractivity contribution in [2.45, 2.75) is 18.5 Å². The summed E-state index contributed by atoms with van der Waals surface area (Å²) in [5, 5.41) is 0. The van der Waals surface area contributed by atoms with Crippen molar-refractivity contribution in [2.24, 2.45) is 0 Å². The lowest BCUT2D eigenvalue weighted by Crippen LogP contribution is -2.48. The molecule has 2 aliphatic rings. The molecule has 2 heterocycles. The zero-order valence-electron chi connectivity index (χ0n) is 18.0. The molecule has 2 aliphatic heterocycles. The van der Waals surface area contributed by atoms with Crippen LogP contribution in [0.15, 0.2) is 109 Å². The third kappa shape index (κ3) is 2.77. The second-order valence-electron chi connectivity index (χ2n) is 8.54. The highest BCUT2D eigenvalue weighted by Gasteiger charge is 2.63. The molecule has 4 aromatic carbocycles. The van der Waals surface area contributed by atoms with Crippen LogP contribution in [0.3, 0.4) is 0 Å². The summed E-state index contributed by atoms with van der Waals surface area (Å²) < 4.78 is 0. The molecule has 0 aromatic heterocycles. The SMILES string of the molecule is O=C1N(Cc2ccccc2)c2ccccc2C12C(=O)N(Cc1ccccc1)c1ccccc12. The van der Waals surface area contributed by atoms with Crippen molar-refractivity contribution >= 4 is 23.2 Å². The minimum atomic E-state index is -1.35. The number of rotatable bonds is 4. The Morgan fingerprint density at radius 3 is 1.27 bits per heavy atom. The van der Waals surface area contributed by atoms with Crippen LogP contribution in [-0.4, -0.2) is 11.8 Å². The van der Waals surface area contributed by atoms with Crippen molar-refractivity contribution in [3.05, 3.63) is 131 Å². The van der Waals surface area contributed by atoms with Gasteiger partial charge in [0.1, 0.15) is 0 Å². The predicted octanol–water partition coefficient (Wildman–Crippen LogP) is 5.07. The van der Waals surface area contributed by atoms with Gasteiger partial charge in [-0.15, -0.1) is 0 Å². The Kier molecular flexibility index (Phi) is 4.40. The lowest BCUT2D eigenvalue weighted by atomic mass is 9.76. The van der Waals surface area contributed by atoms with Crippen LogP contribution < -0.4 is 9.80 Å². The third-order valence-corrected chi connectivity index (χ3v) is 6.70. The first-order valence-electron chi connectivity index (χ1n) is 11.1. The molecule has 0 radical (unpaired) electrons. The number of fused-ring (bicyclic) bond motifs is 4. The standard InChI is InChI=1S/C29H22N2O2/c32-27-29(23-15-7-9-17-25(23)30(27)19-21-11-3-1-4-12-21)24-16-8-10-18-26(24)31(28(29)33)20-22-13-5-2-6-14-22/h1-18H,19-20H2. The average molecular weight is 431 g/mol. The fourth-order valence-corrected chi connectivity index (χ4v) is 5.22. The van der Waals surface area contributed by atoms with Crippen LogP contribution >= 0.6 is 0 Å². The molecular formula is C29H22N2O2. The first kappa shape index (κ1) is 19.5. The van der Waals surface area contributed by atoms with Gasteiger partial charge in [0.05, 0.1) is 13.1 Å². The number of nitrogens with zero attached hydrogens (tertiary/aromatic N) is 2. The number of benzene rings is 4. The Hall–Kier alpha value is -4.18. The molecule has 0 N–H and O–H groups in total. The van der Waals surface area contributed by atoms with Crippen molar-refractivity contribution in [2.75, 3.05) is 9.80 Å². The summed E-state index contributed by atoms with van der Waals surface area (Å²) in [5.41, 5.74) is 3.83. The van der Waals surface area contributed by atoms with Gasteiger partial charge in [0.15, 0.2) is 5.41 Å². The average Bonchev–Trinajstić information content (AvgIpc) is 3.26. The molecule has 4 aromatic rings. The second-order valence-corrected chi connectivity index (χ2v) is 8.54. The molecule has 4 nitrogen and oxygen atoms in total. The van der Waals surface area contributed by atoms with Gasteiger partial charge in [-0.3, -0.25) is 9.59 Å². The minimum absolute atomic E-state index is 0.180. The molecule has 1 spiro atoms. The van der Waals surface area contributed by atoms with Crippen LogP contribution in [0.25, 0.3) is 0 Å². The largest absolute Gasteiger partial charge is 0.306 e. The molecule has 0 saturated carbocycles. The van der Waals surface area contributed by atoms with Crippen LogP contribution in [0, 0.1) is 0 Å². The molecule has 0 aliphatic carbocycles. The molecule has 33 heavy (non-hydrogen) atoms. The number of carbonyl (C=O) groups is 2. The summed E-state index contributed by atoms with van der Waals surface area (Å²) in [7, 11) is 0. The van der Waals surface area contributed by atoms with E-state index in [1.807, 2.05) is 109 Å². The van der Waals surface area contributed by atoms with E-state index in [2.05, 4.69) is 0 Å². The molecular weight excluding hydrogens is 408 g/mol. The van der Waals surface area contributed by atoms with Crippen LogP contribution in [0.4, 0.5) is 11.4 Å². The second kappa shape index (κ2) is 7.45. The number of amides is 2. The molecule has 160 valence electrons. The molecule has 0 bridgehead atoms. The predicted molar refractivity (Wildman–Crippen MR) is 129 cm³/mol. The Morgan fingerprint density at radius 1 is 0.485 bits per heavy atom. The maximum atomic E-state index is 14.2. The minimum Gasteiger partial charge on any atom is -0.306 e. The van der Waals surface area contributed by atoms with E-state index >= 15 is 0 Å². The fourth-order valence-electron chi connectivity index (χ4n) is 5.22. The molecule has 6 rings (SSSR count). The monoisotopic (exact) mass is 430 g/mol. The summed E-state index contributed by atoms with van der Waals surface area (Å²) >= 11 is 0. The summed E-state index contributed by atoms with van der Waals surface area (Å²) in [5.74, 6) is -0.360. The van der Waals surface area contributed by atoms with Crippen molar-refractivity contribution < 1.29 is 9.59 Å². The van der Waals surface area contributed by atoms with Gasteiger partial charge in [-0.05, 0) is 23.3 Å². The zero-order valence-corrected chi connectivity index (χ0v) is 18.0. The number of carbonyl (C=O) groups excluding carboxylic acids is 2. The highest BCUT2D eigenvalue weighted by Crippen LogP contribution is 2.54. The Bertz CT molecular complexity index is 1260. The molecule has 0 fully saturated rings. The van der Waals surface area contributed by atoms with E-state index in [1.165, 1.54) is 0 Å². The molecule has 0 atom stereocenters. The maximum absolute atomic E-state index is 14.2. The number of anilines is 2. The Morgan fingerprint density at radius 2 is 0.848 bits per heavy atom. The highest BCUT2D eigenvalue weighted by molar-refractivity contribution is 6.31. The van der Waals surface area contributed by atoms with Crippen LogP contribution in [0.5, 0.6) is 0 Å². The third-order valence-electron chi connectivity index (χ3n) is 6.70. The van der Waals surface area contributed by atoms with Gasteiger partial charge in [0.25, 0.3) is 11.8 Å². The maximum Gasteiger partial charge on any atom is 0.252 e. The first-order valence-corrected chi connectivity index (χ1v) is 11.1. The molecule has 0 saturated heterocycles. The Balaban J connectivity index is 1.51. The van der Waals surface area contributed by atoms with E-state index in [9.17, 15) is 9.59 Å². The van der Waals surface area contributed by atoms with E-state index in [1.54, 1.807) is 9.80 Å². The van der Waals surface area contributed by atoms with Gasteiger partial charge in [-0.2, -0.15) is 0 Å². The van der Waals surface area contributed by atoms with Gasteiger partial charge in [0.2, 0.25) is 0 Å². The van der Waals surface area contributed by atoms with E-state index in [-0.39, 0.29) is 11.8 Å². The van der Waals surface area contributed by atoms with Crippen molar-refractivity contribution in [3.63, 3.8) is 0 Å². The summed E-state index contributed by atoms with van der Waals surface area (Å²) in [6.07, 6.45) is 0. The van der Waals surface area contributed by atoms with Gasteiger partial charge >= 0.3 is 0 Å². The normalized spacial score (nSPS) is 15.8.